The van der Waals surface area contributed by atoms with Crippen molar-refractivity contribution in [1.82, 2.24) is 4.90 Å². The van der Waals surface area contributed by atoms with Gasteiger partial charge in [0, 0.05) is 39.7 Å². The van der Waals surface area contributed by atoms with Crippen molar-refractivity contribution in [2.45, 2.75) is 179 Å². The van der Waals surface area contributed by atoms with E-state index in [2.05, 4.69) is 0 Å². The molecule has 1 unspecified atom stereocenters. The summed E-state index contributed by atoms with van der Waals surface area (Å²) in [4.78, 5) is 52.0. The lowest BCUT2D eigenvalue weighted by Crippen LogP contribution is -2.66. The predicted octanol–water partition coefficient (Wildman–Crippen LogP) is 2.46. The zero-order valence-electron chi connectivity index (χ0n) is 34.9. The number of carbonyl (C=O) groups is 4. The van der Waals surface area contributed by atoms with Crippen LogP contribution in [0.5, 0.6) is 0 Å². The van der Waals surface area contributed by atoms with Gasteiger partial charge in [0.25, 0.3) is 0 Å². The topological polar surface area (TPSA) is 206 Å². The molecule has 16 nitrogen and oxygen atoms in total. The highest BCUT2D eigenvalue weighted by molar-refractivity contribution is 5.72. The van der Waals surface area contributed by atoms with Gasteiger partial charge in [0.2, 0.25) is 0 Å². The maximum absolute atomic E-state index is 13.1. The molecule has 0 bridgehead atoms. The number of aliphatic hydroxyl groups is 3. The predicted molar refractivity (Wildman–Crippen MR) is 201 cm³/mol. The van der Waals surface area contributed by atoms with Crippen LogP contribution in [0.1, 0.15) is 93.9 Å². The van der Waals surface area contributed by atoms with E-state index in [1.807, 2.05) is 20.8 Å². The van der Waals surface area contributed by atoms with Gasteiger partial charge in [-0.25, -0.2) is 0 Å². The molecule has 3 heterocycles. The van der Waals surface area contributed by atoms with Crippen molar-refractivity contribution in [3.05, 3.63) is 12.2 Å². The highest BCUT2D eigenvalue weighted by Gasteiger charge is 2.53. The third kappa shape index (κ3) is 13.2. The van der Waals surface area contributed by atoms with Crippen molar-refractivity contribution >= 4 is 24.2 Å². The Morgan fingerprint density at radius 3 is 2.29 bits per heavy atom. The molecule has 3 N–H and O–H groups in total. The minimum absolute atomic E-state index is 0.0424. The highest BCUT2D eigenvalue weighted by Crippen LogP contribution is 2.38. The third-order valence-corrected chi connectivity index (χ3v) is 10.7. The Morgan fingerprint density at radius 1 is 1.04 bits per heavy atom. The van der Waals surface area contributed by atoms with Crippen LogP contribution >= 0.6 is 0 Å². The Balaban J connectivity index is 1.95. The summed E-state index contributed by atoms with van der Waals surface area (Å²) < 4.78 is 48.4. The molecule has 0 spiro atoms. The highest BCUT2D eigenvalue weighted by atomic mass is 16.7. The van der Waals surface area contributed by atoms with E-state index in [-0.39, 0.29) is 43.9 Å². The van der Waals surface area contributed by atoms with Crippen LogP contribution in [-0.2, 0) is 57.1 Å². The first-order valence-electron chi connectivity index (χ1n) is 19.7. The lowest BCUT2D eigenvalue weighted by molar-refractivity contribution is -0.344. The minimum atomic E-state index is -1.50. The maximum atomic E-state index is 13.1. The van der Waals surface area contributed by atoms with Crippen molar-refractivity contribution in [3.8, 4) is 0 Å². The zero-order chi connectivity index (χ0) is 42.1. The van der Waals surface area contributed by atoms with E-state index >= 15 is 0 Å². The molecule has 0 radical (unpaired) electrons. The van der Waals surface area contributed by atoms with E-state index < -0.39 is 109 Å². The summed E-state index contributed by atoms with van der Waals surface area (Å²) in [7, 11) is 4.86. The average molecular weight is 802 g/mol. The number of methoxy groups -OCH3 is 1. The van der Waals surface area contributed by atoms with Crippen molar-refractivity contribution in [2.24, 2.45) is 17.8 Å². The molecular weight excluding hydrogens is 734 g/mol. The van der Waals surface area contributed by atoms with Crippen LogP contribution in [-0.4, -0.2) is 151 Å². The van der Waals surface area contributed by atoms with Crippen LogP contribution < -0.4 is 0 Å². The number of hydrogen-bond donors (Lipinski definition) is 3. The van der Waals surface area contributed by atoms with Gasteiger partial charge in [-0.15, -0.1) is 0 Å². The Morgan fingerprint density at radius 2 is 1.71 bits per heavy atom. The molecule has 0 aliphatic carbocycles. The number of aldehydes is 1. The van der Waals surface area contributed by atoms with Crippen LogP contribution in [0.15, 0.2) is 12.2 Å². The number of nitrogens with zero attached hydrogens (tertiary/aromatic N) is 1. The molecule has 2 saturated heterocycles. The Labute approximate surface area is 331 Å². The van der Waals surface area contributed by atoms with E-state index in [1.165, 1.54) is 14.0 Å². The molecule has 3 aliphatic heterocycles. The molecule has 3 aliphatic rings. The second-order valence-corrected chi connectivity index (χ2v) is 16.6. The molecule has 2 fully saturated rings. The number of aliphatic hydroxyl groups excluding tert-OH is 2. The molecule has 0 amide bonds. The summed E-state index contributed by atoms with van der Waals surface area (Å²) in [5.41, 5.74) is -1.50. The zero-order valence-corrected chi connectivity index (χ0v) is 34.9. The van der Waals surface area contributed by atoms with Gasteiger partial charge in [-0.05, 0) is 66.0 Å². The van der Waals surface area contributed by atoms with Crippen molar-refractivity contribution < 1.29 is 72.4 Å². The molecule has 0 aromatic carbocycles. The fourth-order valence-corrected chi connectivity index (χ4v) is 7.96. The second kappa shape index (κ2) is 21.5. The van der Waals surface area contributed by atoms with Crippen LogP contribution in [0.25, 0.3) is 0 Å². The molecule has 56 heavy (non-hydrogen) atoms. The third-order valence-electron chi connectivity index (χ3n) is 10.7. The van der Waals surface area contributed by atoms with Crippen molar-refractivity contribution in [3.63, 3.8) is 0 Å². The van der Waals surface area contributed by atoms with E-state index in [0.29, 0.717) is 12.7 Å². The number of carbonyl (C=O) groups excluding carboxylic acids is 4. The SMILES string of the molecule is COC1[C@@H](O[C@@H]2O[C@H](C)[C@@H](O[C@H]3C[C@@](C)(O)[C@@H](OC(=O)CC(C)C)[C@H](C)O3)[C@H](N(C)C)[C@H]2O)[C@@H](CC=O)C[C@@H](C)[C@@H](O)/C=C/C[C@@H](C)OC(=O)C[C@H]1OC(C)=O. The van der Waals surface area contributed by atoms with Gasteiger partial charge in [0.15, 0.2) is 18.7 Å². The van der Waals surface area contributed by atoms with E-state index in [9.17, 15) is 34.5 Å². The molecule has 16 atom stereocenters. The standard InChI is InChI=1S/C40H67NO15/c1-21(2)17-30(45)54-38-25(6)51-32(20-40(38,8)48)55-35-24(5)52-39(34(47)33(35)41(9)10)56-36-27(15-16-42)18-22(3)28(44)14-12-13-23(4)50-31(46)19-29(37(36)49-11)53-26(7)43/h12,14,16,21-25,27-29,32-39,44,47-48H,13,15,17-20H2,1-11H3/b14-12+/t22-,23-,24-,25+,27+,28+,29-,32+,33-,34-,35-,36+,37?,38+,39+,40-/m1/s1. The van der Waals surface area contributed by atoms with Gasteiger partial charge in [0.1, 0.15) is 42.4 Å². The number of rotatable bonds is 12. The summed E-state index contributed by atoms with van der Waals surface area (Å²) in [5.74, 6) is -2.78. The average Bonchev–Trinajstić information content (AvgIpc) is 3.06. The molecule has 322 valence electrons. The minimum Gasteiger partial charge on any atom is -0.462 e. The number of hydrogen-bond acceptors (Lipinski definition) is 16. The first-order chi connectivity index (χ1) is 26.2. The Kier molecular flexibility index (Phi) is 18.3. The van der Waals surface area contributed by atoms with E-state index in [4.69, 9.17) is 37.9 Å². The van der Waals surface area contributed by atoms with E-state index in [1.54, 1.807) is 58.8 Å². The van der Waals surface area contributed by atoms with E-state index in [0.717, 1.165) is 0 Å². The fourth-order valence-electron chi connectivity index (χ4n) is 7.96. The Hall–Kier alpha value is -2.54. The largest absolute Gasteiger partial charge is 0.462 e. The fraction of sp³-hybridized carbons (Fsp3) is 0.850. The summed E-state index contributed by atoms with van der Waals surface area (Å²) >= 11 is 0. The molecular formula is C40H67NO15. The first kappa shape index (κ1) is 47.8. The maximum Gasteiger partial charge on any atom is 0.309 e. The first-order valence-corrected chi connectivity index (χ1v) is 19.7. The molecule has 16 heteroatoms. The molecule has 3 rings (SSSR count). The molecule has 0 aromatic heterocycles. The van der Waals surface area contributed by atoms with Crippen LogP contribution in [0, 0.1) is 17.8 Å². The van der Waals surface area contributed by atoms with Gasteiger partial charge >= 0.3 is 17.9 Å². The molecule has 0 saturated carbocycles. The smallest absolute Gasteiger partial charge is 0.309 e. The van der Waals surface area contributed by atoms with Gasteiger partial charge in [0.05, 0.1) is 36.9 Å². The second-order valence-electron chi connectivity index (χ2n) is 16.6. The monoisotopic (exact) mass is 801 g/mol. The number of likely N-dealkylation sites (N-methyl/N-ethyl adjacent to an activating group) is 1. The van der Waals surface area contributed by atoms with Crippen LogP contribution in [0.4, 0.5) is 0 Å². The van der Waals surface area contributed by atoms with Crippen LogP contribution in [0.2, 0.25) is 0 Å². The Bertz CT molecular complexity index is 1310. The summed E-state index contributed by atoms with van der Waals surface area (Å²) in [6.07, 6.45) is -7.55. The van der Waals surface area contributed by atoms with Crippen LogP contribution in [0.3, 0.4) is 0 Å². The quantitative estimate of drug-likeness (QED) is 0.112. The lowest BCUT2D eigenvalue weighted by atomic mass is 9.82. The summed E-state index contributed by atoms with van der Waals surface area (Å²) in [6.45, 7) is 13.5. The van der Waals surface area contributed by atoms with Gasteiger partial charge < -0.3 is 62.9 Å². The lowest BCUT2D eigenvalue weighted by Gasteiger charge is -2.50. The number of cyclic esters (lactones) is 1. The number of esters is 3. The van der Waals surface area contributed by atoms with Gasteiger partial charge in [-0.2, -0.15) is 0 Å². The van der Waals surface area contributed by atoms with Gasteiger partial charge in [-0.3, -0.25) is 14.4 Å². The van der Waals surface area contributed by atoms with Crippen molar-refractivity contribution in [2.75, 3.05) is 21.2 Å². The molecule has 0 aromatic rings. The summed E-state index contributed by atoms with van der Waals surface area (Å²) in [6, 6.07) is -0.773. The van der Waals surface area contributed by atoms with Gasteiger partial charge in [-0.1, -0.05) is 32.9 Å². The summed E-state index contributed by atoms with van der Waals surface area (Å²) in [5, 5.41) is 34.5. The normalized spacial score (nSPS) is 41.0. The number of ether oxygens (including phenoxy) is 8. The van der Waals surface area contributed by atoms with Crippen molar-refractivity contribution in [1.29, 1.82) is 0 Å².